The van der Waals surface area contributed by atoms with E-state index in [0.717, 1.165) is 6.26 Å². The lowest BCUT2D eigenvalue weighted by Gasteiger charge is -2.07. The molecular weight excluding hydrogens is 254 g/mol. The van der Waals surface area contributed by atoms with Crippen molar-refractivity contribution in [3.8, 4) is 11.6 Å². The molecule has 0 bridgehead atoms. The van der Waals surface area contributed by atoms with Gasteiger partial charge >= 0.3 is 0 Å². The number of nitrogen functional groups attached to an aromatic ring is 1. The summed E-state index contributed by atoms with van der Waals surface area (Å²) in [6.45, 7) is 0. The maximum Gasteiger partial charge on any atom is 0.245 e. The molecule has 6 nitrogen and oxygen atoms in total. The third-order valence-corrected chi connectivity index (χ3v) is 3.26. The van der Waals surface area contributed by atoms with Crippen LogP contribution < -0.4 is 10.5 Å². The first-order valence-corrected chi connectivity index (χ1v) is 6.89. The summed E-state index contributed by atoms with van der Waals surface area (Å²) in [7, 11) is -3.27. The van der Waals surface area contributed by atoms with Crippen molar-refractivity contribution in [2.75, 3.05) is 12.0 Å². The molecule has 1 aromatic carbocycles. The van der Waals surface area contributed by atoms with Gasteiger partial charge in [-0.05, 0) is 18.2 Å². The van der Waals surface area contributed by atoms with Crippen LogP contribution in [0.2, 0.25) is 0 Å². The van der Waals surface area contributed by atoms with Gasteiger partial charge in [-0.3, -0.25) is 0 Å². The van der Waals surface area contributed by atoms with Crippen LogP contribution in [0, 0.1) is 0 Å². The molecule has 94 valence electrons. The summed E-state index contributed by atoms with van der Waals surface area (Å²) in [5, 5.41) is 0. The molecule has 0 aliphatic heterocycles. The van der Waals surface area contributed by atoms with E-state index in [-0.39, 0.29) is 16.5 Å². The van der Waals surface area contributed by atoms with Crippen LogP contribution in [0.25, 0.3) is 0 Å². The first kappa shape index (κ1) is 12.3. The quantitative estimate of drug-likeness (QED) is 0.897. The molecule has 0 saturated heterocycles. The molecule has 0 atom stereocenters. The van der Waals surface area contributed by atoms with Crippen molar-refractivity contribution in [2.45, 2.75) is 4.90 Å². The maximum absolute atomic E-state index is 11.4. The molecule has 0 fully saturated rings. The van der Waals surface area contributed by atoms with Gasteiger partial charge in [-0.15, -0.1) is 0 Å². The Balaban J connectivity index is 2.34. The fourth-order valence-corrected chi connectivity index (χ4v) is 1.95. The fourth-order valence-electron chi connectivity index (χ4n) is 1.29. The van der Waals surface area contributed by atoms with Gasteiger partial charge in [-0.1, -0.05) is 6.07 Å². The topological polar surface area (TPSA) is 95.2 Å². The first-order chi connectivity index (χ1) is 8.47. The molecule has 0 radical (unpaired) electrons. The standard InChI is InChI=1S/C11H11N3O3S/c1-18(15,16)9-4-2-3-8(5-9)17-11-10(12)6-13-7-14-11/h2-7H,12H2,1H3. The molecule has 1 heterocycles. The second-order valence-corrected chi connectivity index (χ2v) is 5.65. The number of ether oxygens (including phenoxy) is 1. The van der Waals surface area contributed by atoms with Crippen LogP contribution in [0.15, 0.2) is 41.7 Å². The van der Waals surface area contributed by atoms with Crippen molar-refractivity contribution in [2.24, 2.45) is 0 Å². The number of sulfone groups is 1. The molecule has 18 heavy (non-hydrogen) atoms. The summed E-state index contributed by atoms with van der Waals surface area (Å²) in [6.07, 6.45) is 3.83. The number of nitrogens with zero attached hydrogens (tertiary/aromatic N) is 2. The Morgan fingerprint density at radius 3 is 2.78 bits per heavy atom. The van der Waals surface area contributed by atoms with Crippen LogP contribution in [0.5, 0.6) is 11.6 Å². The Morgan fingerprint density at radius 2 is 2.11 bits per heavy atom. The van der Waals surface area contributed by atoms with E-state index in [2.05, 4.69) is 9.97 Å². The zero-order valence-electron chi connectivity index (χ0n) is 9.57. The highest BCUT2D eigenvalue weighted by Gasteiger charge is 2.09. The van der Waals surface area contributed by atoms with Crippen molar-refractivity contribution < 1.29 is 13.2 Å². The largest absolute Gasteiger partial charge is 0.437 e. The van der Waals surface area contributed by atoms with E-state index in [1.165, 1.54) is 24.7 Å². The Labute approximate surface area is 104 Å². The summed E-state index contributed by atoms with van der Waals surface area (Å²) < 4.78 is 28.2. The van der Waals surface area contributed by atoms with Crippen LogP contribution >= 0.6 is 0 Å². The summed E-state index contributed by atoms with van der Waals surface area (Å²) in [6, 6.07) is 6.11. The van der Waals surface area contributed by atoms with Gasteiger partial charge < -0.3 is 10.5 Å². The average Bonchev–Trinajstić information content (AvgIpc) is 2.31. The van der Waals surface area contributed by atoms with E-state index in [4.69, 9.17) is 10.5 Å². The zero-order valence-corrected chi connectivity index (χ0v) is 10.4. The van der Waals surface area contributed by atoms with Crippen LogP contribution in [0.3, 0.4) is 0 Å². The summed E-state index contributed by atoms with van der Waals surface area (Å²) in [5.41, 5.74) is 5.90. The molecule has 2 N–H and O–H groups in total. The minimum Gasteiger partial charge on any atom is -0.437 e. The average molecular weight is 265 g/mol. The van der Waals surface area contributed by atoms with Crippen LogP contribution in [-0.2, 0) is 9.84 Å². The van der Waals surface area contributed by atoms with Crippen LogP contribution in [0.1, 0.15) is 0 Å². The van der Waals surface area contributed by atoms with Crippen molar-refractivity contribution in [3.05, 3.63) is 36.8 Å². The lowest BCUT2D eigenvalue weighted by Crippen LogP contribution is -1.99. The number of hydrogen-bond acceptors (Lipinski definition) is 6. The smallest absolute Gasteiger partial charge is 0.245 e. The van der Waals surface area contributed by atoms with Crippen molar-refractivity contribution in [1.82, 2.24) is 9.97 Å². The molecule has 0 unspecified atom stereocenters. The SMILES string of the molecule is CS(=O)(=O)c1cccc(Oc2ncncc2N)c1. The zero-order chi connectivity index (χ0) is 13.2. The predicted octanol–water partition coefficient (Wildman–Crippen LogP) is 1.25. The van der Waals surface area contributed by atoms with Crippen LogP contribution in [0.4, 0.5) is 5.69 Å². The summed E-state index contributed by atoms with van der Waals surface area (Å²) >= 11 is 0. The number of benzene rings is 1. The number of nitrogens with two attached hydrogens (primary N) is 1. The third kappa shape index (κ3) is 2.75. The van der Waals surface area contributed by atoms with Crippen LogP contribution in [-0.4, -0.2) is 24.6 Å². The monoisotopic (exact) mass is 265 g/mol. The lowest BCUT2D eigenvalue weighted by molar-refractivity contribution is 0.462. The van der Waals surface area contributed by atoms with E-state index in [0.29, 0.717) is 5.75 Å². The maximum atomic E-state index is 11.4. The molecular formula is C11H11N3O3S. The molecule has 0 amide bonds. The highest BCUT2D eigenvalue weighted by molar-refractivity contribution is 7.90. The predicted molar refractivity (Wildman–Crippen MR) is 66.1 cm³/mol. The Morgan fingerprint density at radius 1 is 1.33 bits per heavy atom. The second kappa shape index (κ2) is 4.61. The number of rotatable bonds is 3. The second-order valence-electron chi connectivity index (χ2n) is 3.63. The van der Waals surface area contributed by atoms with Gasteiger partial charge in [0.05, 0.1) is 11.1 Å². The van der Waals surface area contributed by atoms with E-state index in [9.17, 15) is 8.42 Å². The van der Waals surface area contributed by atoms with Crippen molar-refractivity contribution in [1.29, 1.82) is 0 Å². The summed E-state index contributed by atoms with van der Waals surface area (Å²) in [4.78, 5) is 7.76. The molecule has 7 heteroatoms. The fraction of sp³-hybridized carbons (Fsp3) is 0.0909. The lowest BCUT2D eigenvalue weighted by atomic mass is 10.3. The van der Waals surface area contributed by atoms with Crippen molar-refractivity contribution in [3.63, 3.8) is 0 Å². The first-order valence-electron chi connectivity index (χ1n) is 5.00. The molecule has 0 aliphatic carbocycles. The Kier molecular flexibility index (Phi) is 3.15. The van der Waals surface area contributed by atoms with E-state index in [1.54, 1.807) is 12.1 Å². The molecule has 0 spiro atoms. The highest BCUT2D eigenvalue weighted by Crippen LogP contribution is 2.25. The highest BCUT2D eigenvalue weighted by atomic mass is 32.2. The minimum atomic E-state index is -3.27. The van der Waals surface area contributed by atoms with E-state index < -0.39 is 9.84 Å². The molecule has 2 rings (SSSR count). The van der Waals surface area contributed by atoms with Gasteiger partial charge in [0, 0.05) is 6.26 Å². The molecule has 0 aliphatic rings. The van der Waals surface area contributed by atoms with E-state index >= 15 is 0 Å². The summed E-state index contributed by atoms with van der Waals surface area (Å²) in [5.74, 6) is 0.541. The third-order valence-electron chi connectivity index (χ3n) is 2.15. The van der Waals surface area contributed by atoms with Gasteiger partial charge in [0.25, 0.3) is 0 Å². The van der Waals surface area contributed by atoms with Gasteiger partial charge in [-0.2, -0.15) is 4.98 Å². The Bertz CT molecular complexity index is 671. The number of anilines is 1. The Hall–Kier alpha value is -2.15. The van der Waals surface area contributed by atoms with E-state index in [1.807, 2.05) is 0 Å². The number of hydrogen-bond donors (Lipinski definition) is 1. The molecule has 1 aromatic heterocycles. The van der Waals surface area contributed by atoms with Gasteiger partial charge in [-0.25, -0.2) is 13.4 Å². The van der Waals surface area contributed by atoms with Gasteiger partial charge in [0.2, 0.25) is 5.88 Å². The van der Waals surface area contributed by atoms with Gasteiger partial charge in [0.1, 0.15) is 17.8 Å². The van der Waals surface area contributed by atoms with Gasteiger partial charge in [0.15, 0.2) is 9.84 Å². The normalized spacial score (nSPS) is 11.2. The number of aromatic nitrogens is 2. The van der Waals surface area contributed by atoms with Crippen molar-refractivity contribution >= 4 is 15.5 Å². The molecule has 2 aromatic rings. The molecule has 0 saturated carbocycles. The minimum absolute atomic E-state index is 0.174.